The van der Waals surface area contributed by atoms with Gasteiger partial charge in [0, 0.05) is 35.5 Å². The summed E-state index contributed by atoms with van der Waals surface area (Å²) in [5.41, 5.74) is 8.72. The molecule has 110 valence electrons. The summed E-state index contributed by atoms with van der Waals surface area (Å²) in [5.74, 6) is 0.709. The van der Waals surface area contributed by atoms with Crippen LogP contribution in [-0.4, -0.2) is 24.9 Å². The minimum atomic E-state index is -0.141. The molecule has 2 nitrogen and oxygen atoms in total. The number of hydrogen-bond acceptors (Lipinski definition) is 3. The number of rotatable bonds is 4. The van der Waals surface area contributed by atoms with Crippen molar-refractivity contribution in [2.75, 3.05) is 23.7 Å². The van der Waals surface area contributed by atoms with Crippen molar-refractivity contribution in [1.82, 2.24) is 0 Å². The first-order chi connectivity index (χ1) is 10.2. The van der Waals surface area contributed by atoms with Gasteiger partial charge < -0.3 is 10.6 Å². The summed E-state index contributed by atoms with van der Waals surface area (Å²) < 4.78 is 13.6. The molecule has 0 radical (unpaired) electrons. The number of anilines is 1. The zero-order chi connectivity index (χ0) is 14.7. The number of nitrogens with zero attached hydrogens (tertiary/aromatic N) is 1. The van der Waals surface area contributed by atoms with Crippen LogP contribution in [0.15, 0.2) is 53.4 Å². The normalized spacial score (nSPS) is 17.6. The highest BCUT2D eigenvalue weighted by Gasteiger charge is 2.21. The molecule has 2 aromatic carbocycles. The van der Waals surface area contributed by atoms with Gasteiger partial charge in [-0.2, -0.15) is 0 Å². The molecular weight excluding hydrogens is 283 g/mol. The lowest BCUT2D eigenvalue weighted by Crippen LogP contribution is -2.44. The van der Waals surface area contributed by atoms with Crippen molar-refractivity contribution in [2.24, 2.45) is 5.73 Å². The SMILES string of the molecule is NC1Cc2ccccc2N(CCSc2ccccc2F)C1. The fraction of sp³-hybridized carbons (Fsp3) is 0.294. The van der Waals surface area contributed by atoms with Gasteiger partial charge in [0.1, 0.15) is 5.82 Å². The Bertz CT molecular complexity index is 617. The van der Waals surface area contributed by atoms with E-state index in [-0.39, 0.29) is 11.9 Å². The maximum atomic E-state index is 13.6. The Morgan fingerprint density at radius 3 is 2.76 bits per heavy atom. The zero-order valence-electron chi connectivity index (χ0n) is 11.8. The summed E-state index contributed by atoms with van der Waals surface area (Å²) >= 11 is 1.56. The average Bonchev–Trinajstić information content (AvgIpc) is 2.49. The molecule has 0 aliphatic carbocycles. The smallest absolute Gasteiger partial charge is 0.136 e. The van der Waals surface area contributed by atoms with Gasteiger partial charge in [-0.15, -0.1) is 11.8 Å². The van der Waals surface area contributed by atoms with Gasteiger partial charge >= 0.3 is 0 Å². The quantitative estimate of drug-likeness (QED) is 0.879. The van der Waals surface area contributed by atoms with Gasteiger partial charge in [0.2, 0.25) is 0 Å². The Kier molecular flexibility index (Phi) is 4.46. The monoisotopic (exact) mass is 302 g/mol. The first kappa shape index (κ1) is 14.4. The Labute approximate surface area is 129 Å². The molecule has 0 bridgehead atoms. The molecule has 0 saturated carbocycles. The van der Waals surface area contributed by atoms with Gasteiger partial charge in [-0.05, 0) is 30.2 Å². The standard InChI is InChI=1S/C17H19FN2S/c18-15-6-2-4-8-17(15)21-10-9-20-12-14(19)11-13-5-1-3-7-16(13)20/h1-8,14H,9-12,19H2. The van der Waals surface area contributed by atoms with Crippen molar-refractivity contribution in [3.63, 3.8) is 0 Å². The van der Waals surface area contributed by atoms with E-state index in [0.717, 1.165) is 25.3 Å². The van der Waals surface area contributed by atoms with Crippen molar-refractivity contribution < 1.29 is 4.39 Å². The fourth-order valence-electron chi connectivity index (χ4n) is 2.76. The molecule has 21 heavy (non-hydrogen) atoms. The predicted octanol–water partition coefficient (Wildman–Crippen LogP) is 3.31. The van der Waals surface area contributed by atoms with Crippen LogP contribution in [0.4, 0.5) is 10.1 Å². The molecule has 4 heteroatoms. The van der Waals surface area contributed by atoms with Crippen LogP contribution in [0.5, 0.6) is 0 Å². The van der Waals surface area contributed by atoms with E-state index in [1.807, 2.05) is 12.1 Å². The second kappa shape index (κ2) is 6.50. The minimum Gasteiger partial charge on any atom is -0.369 e. The van der Waals surface area contributed by atoms with Crippen LogP contribution in [0.2, 0.25) is 0 Å². The van der Waals surface area contributed by atoms with E-state index >= 15 is 0 Å². The van der Waals surface area contributed by atoms with Crippen LogP contribution in [0.1, 0.15) is 5.56 Å². The molecule has 2 aromatic rings. The van der Waals surface area contributed by atoms with Crippen molar-refractivity contribution in [3.8, 4) is 0 Å². The van der Waals surface area contributed by atoms with Crippen molar-refractivity contribution in [1.29, 1.82) is 0 Å². The lowest BCUT2D eigenvalue weighted by atomic mass is 9.99. The minimum absolute atomic E-state index is 0.141. The topological polar surface area (TPSA) is 29.3 Å². The molecule has 1 atom stereocenters. The highest BCUT2D eigenvalue weighted by molar-refractivity contribution is 7.99. The summed E-state index contributed by atoms with van der Waals surface area (Å²) in [6, 6.07) is 15.5. The number of hydrogen-bond donors (Lipinski definition) is 1. The number of benzene rings is 2. The third kappa shape index (κ3) is 3.39. The lowest BCUT2D eigenvalue weighted by molar-refractivity contribution is 0.600. The fourth-order valence-corrected chi connectivity index (χ4v) is 3.67. The van der Waals surface area contributed by atoms with Gasteiger partial charge in [0.25, 0.3) is 0 Å². The van der Waals surface area contributed by atoms with Crippen LogP contribution >= 0.6 is 11.8 Å². The maximum absolute atomic E-state index is 13.6. The highest BCUT2D eigenvalue weighted by Crippen LogP contribution is 2.27. The van der Waals surface area contributed by atoms with Gasteiger partial charge in [-0.25, -0.2) is 4.39 Å². The summed E-state index contributed by atoms with van der Waals surface area (Å²) in [6.45, 7) is 1.75. The molecule has 0 saturated heterocycles. The molecular formula is C17H19FN2S. The first-order valence-corrected chi connectivity index (χ1v) is 8.18. The third-order valence-corrected chi connectivity index (χ3v) is 4.75. The largest absolute Gasteiger partial charge is 0.369 e. The summed E-state index contributed by atoms with van der Waals surface area (Å²) in [5, 5.41) is 0. The van der Waals surface area contributed by atoms with Crippen LogP contribution in [0, 0.1) is 5.82 Å². The molecule has 0 aromatic heterocycles. The Hall–Kier alpha value is -1.52. The third-order valence-electron chi connectivity index (χ3n) is 3.72. The highest BCUT2D eigenvalue weighted by atomic mass is 32.2. The van der Waals surface area contributed by atoms with E-state index in [0.29, 0.717) is 4.90 Å². The zero-order valence-corrected chi connectivity index (χ0v) is 12.7. The van der Waals surface area contributed by atoms with Crippen molar-refractivity contribution in [3.05, 3.63) is 59.9 Å². The van der Waals surface area contributed by atoms with E-state index < -0.39 is 0 Å². The molecule has 0 fully saturated rings. The van der Waals surface area contributed by atoms with E-state index in [1.54, 1.807) is 17.8 Å². The maximum Gasteiger partial charge on any atom is 0.136 e. The molecule has 1 aliphatic heterocycles. The number of para-hydroxylation sites is 1. The molecule has 0 amide bonds. The number of nitrogens with two attached hydrogens (primary N) is 1. The molecule has 0 spiro atoms. The van der Waals surface area contributed by atoms with E-state index in [4.69, 9.17) is 5.73 Å². The van der Waals surface area contributed by atoms with Crippen LogP contribution in [0.3, 0.4) is 0 Å². The summed E-state index contributed by atoms with van der Waals surface area (Å²) in [7, 11) is 0. The molecule has 2 N–H and O–H groups in total. The van der Waals surface area contributed by atoms with Crippen LogP contribution in [-0.2, 0) is 6.42 Å². The van der Waals surface area contributed by atoms with Crippen LogP contribution < -0.4 is 10.6 Å². The van der Waals surface area contributed by atoms with E-state index in [9.17, 15) is 4.39 Å². The van der Waals surface area contributed by atoms with Crippen LogP contribution in [0.25, 0.3) is 0 Å². The average molecular weight is 302 g/mol. The van der Waals surface area contributed by atoms with Gasteiger partial charge in [0.05, 0.1) is 0 Å². The Morgan fingerprint density at radius 2 is 1.90 bits per heavy atom. The molecule has 1 aliphatic rings. The van der Waals surface area contributed by atoms with Gasteiger partial charge in [0.15, 0.2) is 0 Å². The molecule has 3 rings (SSSR count). The second-order valence-electron chi connectivity index (χ2n) is 5.32. The summed E-state index contributed by atoms with van der Waals surface area (Å²) in [6.07, 6.45) is 0.938. The van der Waals surface area contributed by atoms with Gasteiger partial charge in [-0.3, -0.25) is 0 Å². The van der Waals surface area contributed by atoms with Crippen molar-refractivity contribution >= 4 is 17.4 Å². The molecule has 1 heterocycles. The van der Waals surface area contributed by atoms with Crippen molar-refractivity contribution in [2.45, 2.75) is 17.4 Å². The van der Waals surface area contributed by atoms with E-state index in [1.165, 1.54) is 17.3 Å². The van der Waals surface area contributed by atoms with Gasteiger partial charge in [-0.1, -0.05) is 30.3 Å². The first-order valence-electron chi connectivity index (χ1n) is 7.20. The lowest BCUT2D eigenvalue weighted by Gasteiger charge is -2.34. The Balaban J connectivity index is 1.65. The number of halogens is 1. The predicted molar refractivity (Wildman–Crippen MR) is 87.5 cm³/mol. The number of thioether (sulfide) groups is 1. The molecule has 1 unspecified atom stereocenters. The number of fused-ring (bicyclic) bond motifs is 1. The Morgan fingerprint density at radius 1 is 1.14 bits per heavy atom. The second-order valence-corrected chi connectivity index (χ2v) is 6.45. The van der Waals surface area contributed by atoms with E-state index in [2.05, 4.69) is 29.2 Å². The summed E-state index contributed by atoms with van der Waals surface area (Å²) in [4.78, 5) is 3.03.